The Hall–Kier alpha value is -4.18. The van der Waals surface area contributed by atoms with Gasteiger partial charge in [-0.2, -0.15) is 10.1 Å². The van der Waals surface area contributed by atoms with Crippen molar-refractivity contribution in [3.05, 3.63) is 60.4 Å². The van der Waals surface area contributed by atoms with Crippen LogP contribution in [0.3, 0.4) is 0 Å². The normalized spacial score (nSPS) is 13.8. The van der Waals surface area contributed by atoms with E-state index in [-0.39, 0.29) is 5.56 Å². The van der Waals surface area contributed by atoms with Crippen molar-refractivity contribution in [1.82, 2.24) is 20.2 Å². The number of nitrogens with one attached hydrogen (secondary N) is 3. The van der Waals surface area contributed by atoms with Crippen molar-refractivity contribution in [3.8, 4) is 0 Å². The summed E-state index contributed by atoms with van der Waals surface area (Å²) in [6.45, 7) is 3.24. The summed E-state index contributed by atoms with van der Waals surface area (Å²) in [5.74, 6) is 0.0575. The molecule has 0 spiro atoms. The first-order valence-corrected chi connectivity index (χ1v) is 10.2. The van der Waals surface area contributed by atoms with Crippen LogP contribution in [0.5, 0.6) is 0 Å². The number of hydrogen-bond acceptors (Lipinski definition) is 8. The Morgan fingerprint density at radius 1 is 1.03 bits per heavy atom. The zero-order valence-corrected chi connectivity index (χ0v) is 17.2. The fourth-order valence-corrected chi connectivity index (χ4v) is 3.58. The van der Waals surface area contributed by atoms with Gasteiger partial charge < -0.3 is 26.0 Å². The van der Waals surface area contributed by atoms with E-state index in [4.69, 9.17) is 10.5 Å². The van der Waals surface area contributed by atoms with E-state index >= 15 is 0 Å². The second-order valence-electron chi connectivity index (χ2n) is 7.39. The molecule has 4 aromatic rings. The number of amides is 1. The number of carbonyl (C=O) groups is 1. The topological polar surface area (TPSA) is 134 Å². The van der Waals surface area contributed by atoms with Crippen molar-refractivity contribution in [2.75, 3.05) is 41.8 Å². The van der Waals surface area contributed by atoms with Gasteiger partial charge in [0.2, 0.25) is 5.95 Å². The van der Waals surface area contributed by atoms with Crippen LogP contribution in [0.15, 0.2) is 54.9 Å². The van der Waals surface area contributed by atoms with Crippen molar-refractivity contribution in [3.63, 3.8) is 0 Å². The smallest absolute Gasteiger partial charge is 0.254 e. The molecule has 5 N–H and O–H groups in total. The van der Waals surface area contributed by atoms with Gasteiger partial charge in [0, 0.05) is 41.7 Å². The molecule has 1 amide bonds. The Kier molecular flexibility index (Phi) is 5.26. The molecule has 0 radical (unpaired) electrons. The Morgan fingerprint density at radius 2 is 1.81 bits per heavy atom. The molecule has 0 bridgehead atoms. The fourth-order valence-electron chi connectivity index (χ4n) is 3.58. The zero-order valence-electron chi connectivity index (χ0n) is 17.2. The van der Waals surface area contributed by atoms with Gasteiger partial charge in [0.05, 0.1) is 24.9 Å². The average Bonchev–Trinajstić information content (AvgIpc) is 3.28. The summed E-state index contributed by atoms with van der Waals surface area (Å²) in [6, 6.07) is 13.7. The molecule has 1 aliphatic rings. The fraction of sp³-hybridized carbons (Fsp3) is 0.182. The quantitative estimate of drug-likeness (QED) is 0.367. The van der Waals surface area contributed by atoms with Gasteiger partial charge in [0.1, 0.15) is 11.4 Å². The maximum atomic E-state index is 11.9. The number of hydrogen-bond donors (Lipinski definition) is 4. The van der Waals surface area contributed by atoms with Crippen LogP contribution in [0.4, 0.5) is 28.8 Å². The van der Waals surface area contributed by atoms with E-state index in [9.17, 15) is 4.79 Å². The highest BCUT2D eigenvalue weighted by molar-refractivity contribution is 5.98. The van der Waals surface area contributed by atoms with Crippen LogP contribution < -0.4 is 21.3 Å². The van der Waals surface area contributed by atoms with Crippen LogP contribution in [-0.2, 0) is 4.74 Å². The van der Waals surface area contributed by atoms with Crippen LogP contribution in [0.25, 0.3) is 10.9 Å². The minimum absolute atomic E-state index is 0.200. The lowest BCUT2D eigenvalue weighted by Gasteiger charge is -2.28. The Bertz CT molecular complexity index is 1250. The Balaban J connectivity index is 1.36. The van der Waals surface area contributed by atoms with E-state index in [1.807, 2.05) is 42.5 Å². The van der Waals surface area contributed by atoms with Gasteiger partial charge in [0.15, 0.2) is 0 Å². The lowest BCUT2D eigenvalue weighted by atomic mass is 10.2. The second kappa shape index (κ2) is 8.52. The SMILES string of the molecule is NC(=O)c1cnc(Nc2ccc(N3CCOCC3)cc2)nc1Nc1ccc2[nH]ncc2c1. The summed E-state index contributed by atoms with van der Waals surface area (Å²) >= 11 is 0. The number of ether oxygens (including phenoxy) is 1. The molecular weight excluding hydrogens is 408 g/mol. The van der Waals surface area contributed by atoms with Crippen molar-refractivity contribution in [1.29, 1.82) is 0 Å². The Labute approximate surface area is 183 Å². The van der Waals surface area contributed by atoms with Gasteiger partial charge in [0.25, 0.3) is 5.91 Å². The average molecular weight is 430 g/mol. The van der Waals surface area contributed by atoms with Gasteiger partial charge in [-0.1, -0.05) is 0 Å². The van der Waals surface area contributed by atoms with Crippen molar-refractivity contribution >= 4 is 45.6 Å². The molecule has 0 saturated carbocycles. The van der Waals surface area contributed by atoms with E-state index in [0.717, 1.165) is 54.3 Å². The molecule has 10 nitrogen and oxygen atoms in total. The summed E-state index contributed by atoms with van der Waals surface area (Å²) in [7, 11) is 0. The zero-order chi connectivity index (χ0) is 21.9. The third-order valence-corrected chi connectivity index (χ3v) is 5.26. The van der Waals surface area contributed by atoms with Gasteiger partial charge in [-0.3, -0.25) is 9.89 Å². The van der Waals surface area contributed by atoms with E-state index in [1.165, 1.54) is 6.20 Å². The highest BCUT2D eigenvalue weighted by Gasteiger charge is 2.14. The third-order valence-electron chi connectivity index (χ3n) is 5.26. The molecule has 32 heavy (non-hydrogen) atoms. The van der Waals surface area contributed by atoms with Crippen molar-refractivity contribution in [2.45, 2.75) is 0 Å². The number of morpholine rings is 1. The molecule has 0 unspecified atom stereocenters. The monoisotopic (exact) mass is 430 g/mol. The van der Waals surface area contributed by atoms with Crippen LogP contribution in [0, 0.1) is 0 Å². The highest BCUT2D eigenvalue weighted by Crippen LogP contribution is 2.25. The minimum atomic E-state index is -0.613. The summed E-state index contributed by atoms with van der Waals surface area (Å²) < 4.78 is 5.41. The first-order valence-electron chi connectivity index (χ1n) is 10.2. The number of anilines is 5. The van der Waals surface area contributed by atoms with Crippen LogP contribution >= 0.6 is 0 Å². The molecule has 10 heteroatoms. The number of rotatable bonds is 6. The summed E-state index contributed by atoms with van der Waals surface area (Å²) in [5, 5.41) is 14.2. The van der Waals surface area contributed by atoms with Crippen molar-refractivity contribution in [2.24, 2.45) is 5.73 Å². The number of aromatic amines is 1. The number of fused-ring (bicyclic) bond motifs is 1. The van der Waals surface area contributed by atoms with E-state index in [2.05, 4.69) is 35.7 Å². The number of nitrogens with two attached hydrogens (primary N) is 1. The minimum Gasteiger partial charge on any atom is -0.378 e. The predicted molar refractivity (Wildman–Crippen MR) is 123 cm³/mol. The maximum absolute atomic E-state index is 11.9. The van der Waals surface area contributed by atoms with E-state index < -0.39 is 5.91 Å². The maximum Gasteiger partial charge on any atom is 0.254 e. The molecular formula is C22H22N8O2. The van der Waals surface area contributed by atoms with Crippen LogP contribution in [-0.4, -0.2) is 52.4 Å². The molecule has 1 fully saturated rings. The van der Waals surface area contributed by atoms with Crippen LogP contribution in [0.1, 0.15) is 10.4 Å². The molecule has 5 rings (SSSR count). The largest absolute Gasteiger partial charge is 0.378 e. The number of nitrogens with zero attached hydrogens (tertiary/aromatic N) is 4. The predicted octanol–water partition coefficient (Wildman–Crippen LogP) is 2.78. The van der Waals surface area contributed by atoms with Gasteiger partial charge in [-0.15, -0.1) is 0 Å². The third kappa shape index (κ3) is 4.16. The molecule has 1 aliphatic heterocycles. The van der Waals surface area contributed by atoms with Gasteiger partial charge in [-0.05, 0) is 42.5 Å². The Morgan fingerprint density at radius 3 is 2.59 bits per heavy atom. The number of H-pyrrole nitrogens is 1. The van der Waals surface area contributed by atoms with E-state index in [1.54, 1.807) is 6.20 Å². The van der Waals surface area contributed by atoms with Gasteiger partial charge >= 0.3 is 0 Å². The molecule has 0 atom stereocenters. The molecule has 2 aromatic heterocycles. The summed E-state index contributed by atoms with van der Waals surface area (Å²) in [5.41, 5.74) is 9.36. The first kappa shape index (κ1) is 19.8. The molecule has 2 aromatic carbocycles. The second-order valence-corrected chi connectivity index (χ2v) is 7.39. The number of primary amides is 1. The number of aromatic nitrogens is 4. The highest BCUT2D eigenvalue weighted by atomic mass is 16.5. The lowest BCUT2D eigenvalue weighted by molar-refractivity contribution is 0.100. The summed E-state index contributed by atoms with van der Waals surface area (Å²) in [4.78, 5) is 22.9. The van der Waals surface area contributed by atoms with Crippen molar-refractivity contribution < 1.29 is 9.53 Å². The summed E-state index contributed by atoms with van der Waals surface area (Å²) in [6.07, 6.45) is 3.14. The molecule has 3 heterocycles. The van der Waals surface area contributed by atoms with Crippen LogP contribution in [0.2, 0.25) is 0 Å². The number of carbonyl (C=O) groups excluding carboxylic acids is 1. The van der Waals surface area contributed by atoms with Gasteiger partial charge in [-0.25, -0.2) is 4.98 Å². The lowest BCUT2D eigenvalue weighted by Crippen LogP contribution is -2.36. The molecule has 1 saturated heterocycles. The van der Waals surface area contributed by atoms with E-state index in [0.29, 0.717) is 11.8 Å². The number of benzene rings is 2. The molecule has 0 aliphatic carbocycles. The standard InChI is InChI=1S/C22H22N8O2/c23-20(31)18-13-24-22(27-15-1-4-17(5-2-15)30-7-9-32-10-8-30)28-21(18)26-16-3-6-19-14(11-16)12-25-29-19/h1-6,11-13H,7-10H2,(H2,23,31)(H,25,29)(H2,24,26,27,28). The molecule has 162 valence electrons. The first-order chi connectivity index (χ1) is 15.7.